The molecule has 0 fully saturated rings. The first-order valence-electron chi connectivity index (χ1n) is 11.4. The van der Waals surface area contributed by atoms with Crippen molar-refractivity contribution < 1.29 is 9.18 Å². The number of guanidine groups is 1. The number of anilines is 1. The van der Waals surface area contributed by atoms with Gasteiger partial charge in [0.2, 0.25) is 0 Å². The number of carbonyl (C=O) groups is 1. The van der Waals surface area contributed by atoms with Gasteiger partial charge in [-0.15, -0.1) is 0 Å². The van der Waals surface area contributed by atoms with E-state index in [1.165, 1.54) is 18.2 Å². The van der Waals surface area contributed by atoms with Crippen molar-refractivity contribution in [3.05, 3.63) is 137 Å². The molecule has 1 heterocycles. The van der Waals surface area contributed by atoms with E-state index in [1.54, 1.807) is 12.1 Å². The largest absolute Gasteiger partial charge is 0.370 e. The van der Waals surface area contributed by atoms with E-state index in [-0.39, 0.29) is 11.5 Å². The Morgan fingerprint density at radius 1 is 0.886 bits per heavy atom. The van der Waals surface area contributed by atoms with Crippen molar-refractivity contribution in [2.75, 3.05) is 11.9 Å². The molecule has 4 aromatic rings. The van der Waals surface area contributed by atoms with Gasteiger partial charge in [-0.3, -0.25) is 4.79 Å². The lowest BCUT2D eigenvalue weighted by Crippen LogP contribution is -2.37. The smallest absolute Gasteiger partial charge is 0.255 e. The third-order valence-corrected chi connectivity index (χ3v) is 6.20. The summed E-state index contributed by atoms with van der Waals surface area (Å²) in [5, 5.41) is 2.84. The number of hydrogen-bond acceptors (Lipinski definition) is 4. The predicted octanol–water partition coefficient (Wildman–Crippen LogP) is 5.15. The SMILES string of the molecule is NC1=NC(c2ccccc2)(c2ccccc2)CN1Cc1cccc(NC(=O)c2cccc(F)c2)c1. The highest BCUT2D eigenvalue weighted by atomic mass is 19.1. The molecular weight excluding hydrogens is 439 g/mol. The molecule has 6 heteroatoms. The van der Waals surface area contributed by atoms with Gasteiger partial charge >= 0.3 is 0 Å². The molecule has 0 bridgehead atoms. The molecule has 1 amide bonds. The summed E-state index contributed by atoms with van der Waals surface area (Å²) < 4.78 is 13.5. The van der Waals surface area contributed by atoms with Gasteiger partial charge < -0.3 is 16.0 Å². The van der Waals surface area contributed by atoms with Gasteiger partial charge in [0, 0.05) is 17.8 Å². The quantitative estimate of drug-likeness (QED) is 0.415. The van der Waals surface area contributed by atoms with Gasteiger partial charge in [-0.1, -0.05) is 78.9 Å². The number of rotatable bonds is 6. The van der Waals surface area contributed by atoms with E-state index in [2.05, 4.69) is 29.6 Å². The van der Waals surface area contributed by atoms with E-state index in [0.29, 0.717) is 24.7 Å². The molecule has 4 aromatic carbocycles. The maximum Gasteiger partial charge on any atom is 0.255 e. The van der Waals surface area contributed by atoms with E-state index < -0.39 is 11.4 Å². The van der Waals surface area contributed by atoms with E-state index in [9.17, 15) is 9.18 Å². The van der Waals surface area contributed by atoms with Crippen LogP contribution < -0.4 is 11.1 Å². The molecule has 35 heavy (non-hydrogen) atoms. The van der Waals surface area contributed by atoms with Crippen molar-refractivity contribution in [1.82, 2.24) is 4.90 Å². The number of hydrogen-bond donors (Lipinski definition) is 2. The third kappa shape index (κ3) is 4.64. The molecule has 5 nitrogen and oxygen atoms in total. The van der Waals surface area contributed by atoms with Gasteiger partial charge in [-0.25, -0.2) is 9.38 Å². The van der Waals surface area contributed by atoms with Gasteiger partial charge in [0.25, 0.3) is 5.91 Å². The first-order valence-corrected chi connectivity index (χ1v) is 11.4. The second-order valence-electron chi connectivity index (χ2n) is 8.58. The zero-order valence-electron chi connectivity index (χ0n) is 19.1. The van der Waals surface area contributed by atoms with Crippen molar-refractivity contribution in [3.8, 4) is 0 Å². The van der Waals surface area contributed by atoms with Crippen molar-refractivity contribution in [3.63, 3.8) is 0 Å². The lowest BCUT2D eigenvalue weighted by molar-refractivity contribution is 0.102. The van der Waals surface area contributed by atoms with E-state index in [4.69, 9.17) is 10.7 Å². The number of benzene rings is 4. The van der Waals surface area contributed by atoms with Crippen LogP contribution in [0.2, 0.25) is 0 Å². The van der Waals surface area contributed by atoms with Crippen LogP contribution in [0.1, 0.15) is 27.0 Å². The molecule has 1 aliphatic heterocycles. The predicted molar refractivity (Wildman–Crippen MR) is 136 cm³/mol. The van der Waals surface area contributed by atoms with Crippen LogP contribution in [0.5, 0.6) is 0 Å². The highest BCUT2D eigenvalue weighted by molar-refractivity contribution is 6.04. The number of halogens is 1. The van der Waals surface area contributed by atoms with E-state index >= 15 is 0 Å². The van der Waals surface area contributed by atoms with Gasteiger partial charge in [-0.2, -0.15) is 0 Å². The summed E-state index contributed by atoms with van der Waals surface area (Å²) in [7, 11) is 0. The Bertz CT molecular complexity index is 1330. The summed E-state index contributed by atoms with van der Waals surface area (Å²) in [5.74, 6) is -0.349. The average molecular weight is 465 g/mol. The van der Waals surface area contributed by atoms with E-state index in [0.717, 1.165) is 16.7 Å². The molecule has 0 aliphatic carbocycles. The van der Waals surface area contributed by atoms with Crippen LogP contribution in [0.4, 0.5) is 10.1 Å². The van der Waals surface area contributed by atoms with Gasteiger partial charge in [0.05, 0.1) is 6.54 Å². The topological polar surface area (TPSA) is 70.7 Å². The Morgan fingerprint density at radius 3 is 2.20 bits per heavy atom. The van der Waals surface area contributed by atoms with Gasteiger partial charge in [-0.05, 0) is 47.0 Å². The fraction of sp³-hybridized carbons (Fsp3) is 0.103. The highest BCUT2D eigenvalue weighted by Gasteiger charge is 2.41. The van der Waals surface area contributed by atoms with Crippen LogP contribution in [0.15, 0.2) is 114 Å². The summed E-state index contributed by atoms with van der Waals surface area (Å²) in [5.41, 5.74) is 9.87. The zero-order valence-corrected chi connectivity index (χ0v) is 19.1. The molecule has 174 valence electrons. The summed E-state index contributed by atoms with van der Waals surface area (Å²) in [6, 6.07) is 33.5. The van der Waals surface area contributed by atoms with Crippen LogP contribution in [0.25, 0.3) is 0 Å². The first kappa shape index (κ1) is 22.3. The number of nitrogens with zero attached hydrogens (tertiary/aromatic N) is 2. The van der Waals surface area contributed by atoms with Gasteiger partial charge in [0.15, 0.2) is 5.96 Å². The molecular formula is C29H25FN4O. The maximum atomic E-state index is 13.5. The molecule has 1 aliphatic rings. The normalized spacial score (nSPS) is 14.4. The number of nitrogens with one attached hydrogen (secondary N) is 1. The number of nitrogens with two attached hydrogens (primary N) is 1. The summed E-state index contributed by atoms with van der Waals surface area (Å²) in [4.78, 5) is 19.6. The lowest BCUT2D eigenvalue weighted by Gasteiger charge is -2.29. The molecule has 0 saturated heterocycles. The monoisotopic (exact) mass is 464 g/mol. The van der Waals surface area contributed by atoms with Crippen LogP contribution in [-0.4, -0.2) is 23.3 Å². The molecule has 3 N–H and O–H groups in total. The molecule has 0 radical (unpaired) electrons. The van der Waals surface area contributed by atoms with Crippen LogP contribution in [0, 0.1) is 5.82 Å². The number of amides is 1. The van der Waals surface area contributed by atoms with Gasteiger partial charge in [0.1, 0.15) is 11.4 Å². The zero-order chi connectivity index (χ0) is 24.3. The fourth-order valence-corrected chi connectivity index (χ4v) is 4.50. The van der Waals surface area contributed by atoms with E-state index in [1.807, 2.05) is 59.5 Å². The third-order valence-electron chi connectivity index (χ3n) is 6.20. The molecule has 0 saturated carbocycles. The average Bonchev–Trinajstić information content (AvgIpc) is 3.22. The van der Waals surface area contributed by atoms with Crippen molar-refractivity contribution in [2.45, 2.75) is 12.1 Å². The summed E-state index contributed by atoms with van der Waals surface area (Å²) in [6.45, 7) is 1.12. The Morgan fingerprint density at radius 2 is 1.54 bits per heavy atom. The van der Waals surface area contributed by atoms with Crippen molar-refractivity contribution in [1.29, 1.82) is 0 Å². The summed E-state index contributed by atoms with van der Waals surface area (Å²) in [6.07, 6.45) is 0. The van der Waals surface area contributed by atoms with Crippen LogP contribution >= 0.6 is 0 Å². The van der Waals surface area contributed by atoms with Crippen LogP contribution in [-0.2, 0) is 12.1 Å². The van der Waals surface area contributed by atoms with Crippen molar-refractivity contribution >= 4 is 17.6 Å². The molecule has 0 unspecified atom stereocenters. The molecule has 0 spiro atoms. The minimum atomic E-state index is -0.601. The molecule has 0 atom stereocenters. The molecule has 0 aromatic heterocycles. The Balaban J connectivity index is 1.38. The minimum absolute atomic E-state index is 0.266. The fourth-order valence-electron chi connectivity index (χ4n) is 4.50. The number of aliphatic imine (C=N–C) groups is 1. The Kier molecular flexibility index (Phi) is 6.02. The number of carbonyl (C=O) groups excluding carboxylic acids is 1. The minimum Gasteiger partial charge on any atom is -0.370 e. The Hall–Kier alpha value is -4.45. The summed E-state index contributed by atoms with van der Waals surface area (Å²) >= 11 is 0. The molecule has 5 rings (SSSR count). The standard InChI is InChI=1S/C29H25FN4O/c30-25-15-8-10-22(18-25)27(35)32-26-16-7-9-21(17-26)19-34-20-29(33-28(34)31,23-11-3-1-4-12-23)24-13-5-2-6-14-24/h1-18H,19-20H2,(H2,31,33)(H,32,35). The second-order valence-corrected chi connectivity index (χ2v) is 8.58. The van der Waals surface area contributed by atoms with Crippen molar-refractivity contribution in [2.24, 2.45) is 10.7 Å². The maximum absolute atomic E-state index is 13.5. The first-order chi connectivity index (χ1) is 17.0. The Labute approximate surface area is 203 Å². The highest BCUT2D eigenvalue weighted by Crippen LogP contribution is 2.38. The lowest BCUT2D eigenvalue weighted by atomic mass is 9.83. The van der Waals surface area contributed by atoms with Crippen LogP contribution in [0.3, 0.4) is 0 Å². The second kappa shape index (κ2) is 9.43.